The summed E-state index contributed by atoms with van der Waals surface area (Å²) in [5.41, 5.74) is 1.91. The average molecular weight is 548 g/mol. The molecule has 0 saturated carbocycles. The molecule has 0 spiro atoms. The highest BCUT2D eigenvalue weighted by molar-refractivity contribution is 8.18. The number of aromatic carboxylic acids is 1. The van der Waals surface area contributed by atoms with Gasteiger partial charge >= 0.3 is 5.97 Å². The van der Waals surface area contributed by atoms with E-state index in [-0.39, 0.29) is 18.1 Å². The molecule has 1 aliphatic heterocycles. The van der Waals surface area contributed by atoms with Crippen molar-refractivity contribution in [1.82, 2.24) is 4.90 Å². The maximum Gasteiger partial charge on any atom is 0.335 e. The zero-order valence-electron chi connectivity index (χ0n) is 18.2. The van der Waals surface area contributed by atoms with E-state index in [4.69, 9.17) is 39.5 Å². The van der Waals surface area contributed by atoms with Gasteiger partial charge in [0.1, 0.15) is 12.4 Å². The summed E-state index contributed by atoms with van der Waals surface area (Å²) in [5, 5.41) is 11.1. The van der Waals surface area contributed by atoms with E-state index in [1.54, 1.807) is 61.7 Å². The first-order chi connectivity index (χ1) is 16.7. The van der Waals surface area contributed by atoms with Gasteiger partial charge in [-0.05, 0) is 66.4 Å². The van der Waals surface area contributed by atoms with Crippen molar-refractivity contribution in [2.45, 2.75) is 6.61 Å². The van der Waals surface area contributed by atoms with Gasteiger partial charge in [-0.15, -0.1) is 0 Å². The molecule has 4 rings (SSSR count). The number of aliphatic imine (C=N–C) groups is 1. The minimum atomic E-state index is -1.05. The molecule has 178 valence electrons. The third kappa shape index (κ3) is 6.00. The van der Waals surface area contributed by atoms with Crippen LogP contribution in [0, 0.1) is 0 Å². The molecule has 10 heteroatoms. The van der Waals surface area contributed by atoms with Gasteiger partial charge in [-0.25, -0.2) is 9.79 Å². The van der Waals surface area contributed by atoms with E-state index in [1.807, 2.05) is 0 Å². The number of likely N-dealkylation sites (N-methyl/N-ethyl adjacent to an activating group) is 1. The number of carbonyl (C=O) groups excluding carboxylic acids is 1. The number of benzene rings is 3. The number of carboxylic acids is 1. The van der Waals surface area contributed by atoms with Crippen LogP contribution in [0.15, 0.2) is 70.6 Å². The van der Waals surface area contributed by atoms with Crippen molar-refractivity contribution in [1.29, 1.82) is 0 Å². The summed E-state index contributed by atoms with van der Waals surface area (Å²) in [6, 6.07) is 16.5. The van der Waals surface area contributed by atoms with Crippen molar-refractivity contribution in [2.75, 3.05) is 7.05 Å². The highest BCUT2D eigenvalue weighted by atomic mass is 35.5. The molecule has 1 aliphatic rings. The summed E-state index contributed by atoms with van der Waals surface area (Å²) >= 11 is 19.6. The van der Waals surface area contributed by atoms with Crippen molar-refractivity contribution in [2.24, 2.45) is 4.99 Å². The van der Waals surface area contributed by atoms with Crippen LogP contribution < -0.4 is 4.74 Å². The third-order valence-electron chi connectivity index (χ3n) is 4.98. The standard InChI is InChI=1S/C25H17Cl3N2O4S/c1-30-23(31)22(35-25(30)29-19-4-2-3-14(10-19)24(32)33)11-16-9-17(26)7-8-21(16)34-13-15-5-6-18(27)12-20(15)28/h2-12H,13H2,1H3,(H,32,33)/b22-11+,29-25?. The predicted octanol–water partition coefficient (Wildman–Crippen LogP) is 7.16. The molecule has 6 nitrogen and oxygen atoms in total. The van der Waals surface area contributed by atoms with Crippen molar-refractivity contribution in [3.8, 4) is 5.75 Å². The number of amides is 1. The van der Waals surface area contributed by atoms with E-state index < -0.39 is 5.97 Å². The highest BCUT2D eigenvalue weighted by Crippen LogP contribution is 2.36. The van der Waals surface area contributed by atoms with Gasteiger partial charge in [0.05, 0.1) is 16.2 Å². The van der Waals surface area contributed by atoms with Crippen LogP contribution >= 0.6 is 46.6 Å². The van der Waals surface area contributed by atoms with E-state index in [1.165, 1.54) is 28.8 Å². The van der Waals surface area contributed by atoms with Gasteiger partial charge in [-0.3, -0.25) is 9.69 Å². The molecule has 0 atom stereocenters. The quantitative estimate of drug-likeness (QED) is 0.331. The lowest BCUT2D eigenvalue weighted by Crippen LogP contribution is -2.23. The van der Waals surface area contributed by atoms with E-state index in [9.17, 15) is 14.7 Å². The van der Waals surface area contributed by atoms with E-state index >= 15 is 0 Å². The normalized spacial score (nSPS) is 15.8. The summed E-state index contributed by atoms with van der Waals surface area (Å²) in [6.45, 7) is 0.196. The zero-order valence-corrected chi connectivity index (χ0v) is 21.3. The molecule has 0 unspecified atom stereocenters. The molecule has 35 heavy (non-hydrogen) atoms. The monoisotopic (exact) mass is 546 g/mol. The maximum atomic E-state index is 12.9. The van der Waals surface area contributed by atoms with E-state index in [2.05, 4.69) is 4.99 Å². The Morgan fingerprint density at radius 3 is 2.57 bits per heavy atom. The number of hydrogen-bond donors (Lipinski definition) is 1. The van der Waals surface area contributed by atoms with Gasteiger partial charge in [0.15, 0.2) is 5.17 Å². The predicted molar refractivity (Wildman–Crippen MR) is 141 cm³/mol. The Morgan fingerprint density at radius 1 is 1.09 bits per heavy atom. The van der Waals surface area contributed by atoms with Gasteiger partial charge in [0.2, 0.25) is 0 Å². The number of amidine groups is 1. The summed E-state index contributed by atoms with van der Waals surface area (Å²) < 4.78 is 5.98. The van der Waals surface area contributed by atoms with Gasteiger partial charge < -0.3 is 9.84 Å². The fraction of sp³-hybridized carbons (Fsp3) is 0.0800. The molecule has 1 saturated heterocycles. The van der Waals surface area contributed by atoms with Crippen LogP contribution in [-0.4, -0.2) is 34.1 Å². The lowest BCUT2D eigenvalue weighted by Gasteiger charge is -2.11. The number of carboxylic acid groups (broad SMARTS) is 1. The summed E-state index contributed by atoms with van der Waals surface area (Å²) in [4.78, 5) is 30.4. The van der Waals surface area contributed by atoms with Crippen LogP contribution in [0.25, 0.3) is 6.08 Å². The Kier molecular flexibility index (Phi) is 7.72. The van der Waals surface area contributed by atoms with Crippen LogP contribution in [0.2, 0.25) is 15.1 Å². The molecule has 1 heterocycles. The molecule has 1 N–H and O–H groups in total. The van der Waals surface area contributed by atoms with Crippen molar-refractivity contribution in [3.05, 3.63) is 97.3 Å². The smallest absolute Gasteiger partial charge is 0.335 e. The van der Waals surface area contributed by atoms with Crippen LogP contribution in [0.1, 0.15) is 21.5 Å². The number of nitrogens with zero attached hydrogens (tertiary/aromatic N) is 2. The van der Waals surface area contributed by atoms with Crippen LogP contribution in [0.4, 0.5) is 5.69 Å². The number of ether oxygens (including phenoxy) is 1. The minimum Gasteiger partial charge on any atom is -0.488 e. The molecular weight excluding hydrogens is 531 g/mol. The molecule has 0 radical (unpaired) electrons. The van der Waals surface area contributed by atoms with Crippen LogP contribution in [0.5, 0.6) is 5.75 Å². The lowest BCUT2D eigenvalue weighted by molar-refractivity contribution is -0.121. The van der Waals surface area contributed by atoms with Gasteiger partial charge in [-0.2, -0.15) is 0 Å². The first-order valence-corrected chi connectivity index (χ1v) is 12.1. The fourth-order valence-corrected chi connectivity index (χ4v) is 4.79. The molecule has 0 aliphatic carbocycles. The van der Waals surface area contributed by atoms with E-state index in [0.29, 0.717) is 42.1 Å². The van der Waals surface area contributed by atoms with Crippen molar-refractivity contribution in [3.63, 3.8) is 0 Å². The zero-order chi connectivity index (χ0) is 25.1. The number of carbonyl (C=O) groups is 2. The Morgan fingerprint density at radius 2 is 1.83 bits per heavy atom. The molecular formula is C25H17Cl3N2O4S. The Bertz CT molecular complexity index is 1390. The number of rotatable bonds is 6. The van der Waals surface area contributed by atoms with Gasteiger partial charge in [0.25, 0.3) is 5.91 Å². The Labute approximate surface area is 220 Å². The molecule has 1 amide bonds. The van der Waals surface area contributed by atoms with Crippen molar-refractivity contribution < 1.29 is 19.4 Å². The largest absolute Gasteiger partial charge is 0.488 e. The van der Waals surface area contributed by atoms with Crippen molar-refractivity contribution >= 4 is 75.4 Å². The third-order valence-corrected chi connectivity index (χ3v) is 6.86. The average Bonchev–Trinajstić information content (AvgIpc) is 3.07. The Balaban J connectivity index is 1.60. The second-order valence-electron chi connectivity index (χ2n) is 7.43. The molecule has 0 bridgehead atoms. The Hall–Kier alpha value is -2.97. The summed E-state index contributed by atoms with van der Waals surface area (Å²) in [6.07, 6.45) is 1.68. The van der Waals surface area contributed by atoms with Gasteiger partial charge in [0, 0.05) is 33.2 Å². The molecule has 0 aromatic heterocycles. The number of hydrogen-bond acceptors (Lipinski definition) is 5. The number of halogens is 3. The topological polar surface area (TPSA) is 79.2 Å². The minimum absolute atomic E-state index is 0.112. The molecule has 3 aromatic rings. The highest BCUT2D eigenvalue weighted by Gasteiger charge is 2.30. The first kappa shape index (κ1) is 25.1. The second kappa shape index (κ2) is 10.7. The van der Waals surface area contributed by atoms with Crippen LogP contribution in [0.3, 0.4) is 0 Å². The number of thioether (sulfide) groups is 1. The molecule has 1 fully saturated rings. The second-order valence-corrected chi connectivity index (χ2v) is 9.72. The van der Waals surface area contributed by atoms with Crippen LogP contribution in [-0.2, 0) is 11.4 Å². The SMILES string of the molecule is CN1C(=O)/C(=C\c2cc(Cl)ccc2OCc2ccc(Cl)cc2Cl)SC1=Nc1cccc(C(=O)O)c1. The first-order valence-electron chi connectivity index (χ1n) is 10.2. The van der Waals surface area contributed by atoms with E-state index in [0.717, 1.165) is 5.56 Å². The lowest BCUT2D eigenvalue weighted by atomic mass is 10.1. The summed E-state index contributed by atoms with van der Waals surface area (Å²) in [5.74, 6) is -0.789. The maximum absolute atomic E-state index is 12.9. The summed E-state index contributed by atoms with van der Waals surface area (Å²) in [7, 11) is 1.61. The van der Waals surface area contributed by atoms with Gasteiger partial charge in [-0.1, -0.05) is 46.9 Å². The fourth-order valence-electron chi connectivity index (χ4n) is 3.17. The molecule has 3 aromatic carbocycles.